The second-order valence-electron chi connectivity index (χ2n) is 8.04. The average molecular weight is 452 g/mol. The molecule has 5 rings (SSSR count). The van der Waals surface area contributed by atoms with Gasteiger partial charge in [0.2, 0.25) is 0 Å². The first kappa shape index (κ1) is 22.1. The van der Waals surface area contributed by atoms with Gasteiger partial charge in [-0.25, -0.2) is 0 Å². The summed E-state index contributed by atoms with van der Waals surface area (Å²) in [6.07, 6.45) is 3.76. The summed E-state index contributed by atoms with van der Waals surface area (Å²) < 4.78 is 0. The summed E-state index contributed by atoms with van der Waals surface area (Å²) in [5.74, 6) is 0. The SMILES string of the molecule is C(=Nc1ccccc1)c1cccc(N=Cc2ccc(N(c3ccccc3)c3ccccc3)cc2)c1. The van der Waals surface area contributed by atoms with E-state index in [0.29, 0.717) is 0 Å². The van der Waals surface area contributed by atoms with Gasteiger partial charge in [0.25, 0.3) is 0 Å². The van der Waals surface area contributed by atoms with E-state index in [9.17, 15) is 0 Å². The predicted octanol–water partition coefficient (Wildman–Crippen LogP) is 8.66. The lowest BCUT2D eigenvalue weighted by Gasteiger charge is -2.25. The van der Waals surface area contributed by atoms with E-state index >= 15 is 0 Å². The van der Waals surface area contributed by atoms with Crippen molar-refractivity contribution in [2.24, 2.45) is 9.98 Å². The van der Waals surface area contributed by atoms with Gasteiger partial charge in [-0.2, -0.15) is 0 Å². The molecule has 0 radical (unpaired) electrons. The lowest BCUT2D eigenvalue weighted by Crippen LogP contribution is -2.09. The zero-order chi connectivity index (χ0) is 23.7. The molecule has 0 saturated carbocycles. The third-order valence-electron chi connectivity index (χ3n) is 5.53. The van der Waals surface area contributed by atoms with Crippen molar-refractivity contribution in [2.75, 3.05) is 4.90 Å². The zero-order valence-corrected chi connectivity index (χ0v) is 19.3. The molecular formula is C32H25N3. The molecule has 0 aliphatic carbocycles. The van der Waals surface area contributed by atoms with Crippen LogP contribution in [0.3, 0.4) is 0 Å². The van der Waals surface area contributed by atoms with Crippen molar-refractivity contribution >= 4 is 40.9 Å². The van der Waals surface area contributed by atoms with Gasteiger partial charge in [-0.05, 0) is 71.8 Å². The Morgan fingerprint density at radius 1 is 0.400 bits per heavy atom. The summed E-state index contributed by atoms with van der Waals surface area (Å²) >= 11 is 0. The molecule has 0 aliphatic heterocycles. The first-order valence-corrected chi connectivity index (χ1v) is 11.6. The smallest absolute Gasteiger partial charge is 0.0636 e. The highest BCUT2D eigenvalue weighted by atomic mass is 15.1. The van der Waals surface area contributed by atoms with E-state index in [1.807, 2.05) is 79.2 Å². The second kappa shape index (κ2) is 10.9. The van der Waals surface area contributed by atoms with Crippen molar-refractivity contribution in [1.82, 2.24) is 0 Å². The van der Waals surface area contributed by atoms with Gasteiger partial charge in [0.15, 0.2) is 0 Å². The Morgan fingerprint density at radius 3 is 1.51 bits per heavy atom. The summed E-state index contributed by atoms with van der Waals surface area (Å²) in [4.78, 5) is 11.5. The van der Waals surface area contributed by atoms with Crippen molar-refractivity contribution in [3.05, 3.63) is 151 Å². The molecule has 5 aromatic rings. The first-order valence-electron chi connectivity index (χ1n) is 11.6. The van der Waals surface area contributed by atoms with Gasteiger partial charge in [-0.3, -0.25) is 9.98 Å². The quantitative estimate of drug-likeness (QED) is 0.228. The Kier molecular flexibility index (Phi) is 6.87. The molecule has 0 fully saturated rings. The van der Waals surface area contributed by atoms with Crippen molar-refractivity contribution < 1.29 is 0 Å². The molecule has 0 bridgehead atoms. The van der Waals surface area contributed by atoms with Crippen molar-refractivity contribution in [1.29, 1.82) is 0 Å². The number of rotatable bonds is 7. The van der Waals surface area contributed by atoms with Crippen LogP contribution in [0.5, 0.6) is 0 Å². The van der Waals surface area contributed by atoms with Crippen molar-refractivity contribution in [3.8, 4) is 0 Å². The number of aliphatic imine (C=N–C) groups is 2. The van der Waals surface area contributed by atoms with Crippen LogP contribution < -0.4 is 4.90 Å². The molecule has 3 nitrogen and oxygen atoms in total. The van der Waals surface area contributed by atoms with Crippen LogP contribution in [0.2, 0.25) is 0 Å². The van der Waals surface area contributed by atoms with Crippen LogP contribution >= 0.6 is 0 Å². The Hall–Kier alpha value is -4.76. The highest BCUT2D eigenvalue weighted by Gasteiger charge is 2.11. The number of para-hydroxylation sites is 3. The third kappa shape index (κ3) is 5.79. The molecule has 0 amide bonds. The molecule has 0 atom stereocenters. The maximum absolute atomic E-state index is 4.68. The molecule has 0 aromatic heterocycles. The predicted molar refractivity (Wildman–Crippen MR) is 149 cm³/mol. The van der Waals surface area contributed by atoms with Crippen LogP contribution in [0.1, 0.15) is 11.1 Å². The fourth-order valence-corrected chi connectivity index (χ4v) is 3.81. The standard InChI is InChI=1S/C32H25N3/c1-4-12-28(13-5-1)33-25-27-11-10-14-29(23-27)34-24-26-19-21-32(22-20-26)35(30-15-6-2-7-16-30)31-17-8-3-9-18-31/h1-25H. The topological polar surface area (TPSA) is 28.0 Å². The van der Waals surface area contributed by atoms with Crippen molar-refractivity contribution in [3.63, 3.8) is 0 Å². The van der Waals surface area contributed by atoms with E-state index in [4.69, 9.17) is 0 Å². The molecule has 0 spiro atoms. The minimum absolute atomic E-state index is 0.890. The number of hydrogen-bond acceptors (Lipinski definition) is 3. The number of hydrogen-bond donors (Lipinski definition) is 0. The van der Waals surface area contributed by atoms with Gasteiger partial charge in [0.1, 0.15) is 0 Å². The molecule has 0 saturated heterocycles. The van der Waals surface area contributed by atoms with Crippen molar-refractivity contribution in [2.45, 2.75) is 0 Å². The van der Waals surface area contributed by atoms with Crippen LogP contribution in [0.4, 0.5) is 28.4 Å². The summed E-state index contributed by atoms with van der Waals surface area (Å²) in [6.45, 7) is 0. The van der Waals surface area contributed by atoms with E-state index in [1.54, 1.807) is 0 Å². The minimum Gasteiger partial charge on any atom is -0.311 e. The summed E-state index contributed by atoms with van der Waals surface area (Å²) in [7, 11) is 0. The Labute approximate surface area is 206 Å². The fourth-order valence-electron chi connectivity index (χ4n) is 3.81. The summed E-state index contributed by atoms with van der Waals surface area (Å²) in [6, 6.07) is 47.2. The highest BCUT2D eigenvalue weighted by Crippen LogP contribution is 2.34. The van der Waals surface area contributed by atoms with E-state index in [-0.39, 0.29) is 0 Å². The number of anilines is 3. The maximum Gasteiger partial charge on any atom is 0.0636 e. The Balaban J connectivity index is 1.34. The summed E-state index contributed by atoms with van der Waals surface area (Å²) in [5.41, 5.74) is 7.21. The van der Waals surface area contributed by atoms with Gasteiger partial charge in [-0.15, -0.1) is 0 Å². The number of nitrogens with zero attached hydrogens (tertiary/aromatic N) is 3. The van der Waals surface area contributed by atoms with E-state index < -0.39 is 0 Å². The molecule has 5 aromatic carbocycles. The van der Waals surface area contributed by atoms with Gasteiger partial charge < -0.3 is 4.90 Å². The van der Waals surface area contributed by atoms with Crippen LogP contribution in [0, 0.1) is 0 Å². The molecule has 0 unspecified atom stereocenters. The number of benzene rings is 5. The molecule has 0 heterocycles. The van der Waals surface area contributed by atoms with Crippen LogP contribution in [-0.4, -0.2) is 12.4 Å². The molecule has 0 N–H and O–H groups in total. The van der Waals surface area contributed by atoms with Crippen LogP contribution in [0.15, 0.2) is 150 Å². The second-order valence-corrected chi connectivity index (χ2v) is 8.04. The van der Waals surface area contributed by atoms with Gasteiger partial charge in [0.05, 0.1) is 11.4 Å². The Morgan fingerprint density at radius 2 is 0.886 bits per heavy atom. The largest absolute Gasteiger partial charge is 0.311 e. The van der Waals surface area contributed by atoms with Gasteiger partial charge in [-0.1, -0.05) is 78.9 Å². The van der Waals surface area contributed by atoms with Gasteiger partial charge >= 0.3 is 0 Å². The molecule has 0 aliphatic rings. The zero-order valence-electron chi connectivity index (χ0n) is 19.3. The molecule has 168 valence electrons. The molecule has 3 heteroatoms. The lowest BCUT2D eigenvalue weighted by molar-refractivity contribution is 1.28. The maximum atomic E-state index is 4.68. The highest BCUT2D eigenvalue weighted by molar-refractivity contribution is 5.86. The summed E-state index contributed by atoms with van der Waals surface area (Å²) in [5, 5.41) is 0. The normalized spacial score (nSPS) is 11.2. The lowest BCUT2D eigenvalue weighted by atomic mass is 10.1. The average Bonchev–Trinajstić information content (AvgIpc) is 2.94. The first-order chi connectivity index (χ1) is 17.3. The van der Waals surface area contributed by atoms with Gasteiger partial charge in [0, 0.05) is 29.5 Å². The Bertz CT molecular complexity index is 1370. The molecule has 35 heavy (non-hydrogen) atoms. The van der Waals surface area contributed by atoms with E-state index in [2.05, 4.69) is 87.7 Å². The molecular weight excluding hydrogens is 426 g/mol. The van der Waals surface area contributed by atoms with E-state index in [1.165, 1.54) is 0 Å². The monoisotopic (exact) mass is 451 g/mol. The van der Waals surface area contributed by atoms with Crippen LogP contribution in [0.25, 0.3) is 0 Å². The fraction of sp³-hybridized carbons (Fsp3) is 0. The minimum atomic E-state index is 0.890. The van der Waals surface area contributed by atoms with Crippen LogP contribution in [-0.2, 0) is 0 Å². The van der Waals surface area contributed by atoms with E-state index in [0.717, 1.165) is 39.6 Å². The third-order valence-corrected chi connectivity index (χ3v) is 5.53.